The standard InChI is InChI=1S/C13H17ClN4O/c1-18-9-16-13(17-18)5-6-15-8-10-3-4-12(19-2)11(14)7-10/h3-4,7,9,15H,5-6,8H2,1-2H3. The summed E-state index contributed by atoms with van der Waals surface area (Å²) in [5.74, 6) is 1.55. The minimum Gasteiger partial charge on any atom is -0.495 e. The average molecular weight is 281 g/mol. The molecule has 0 bridgehead atoms. The Labute approximate surface area is 117 Å². The average Bonchev–Trinajstić information content (AvgIpc) is 2.81. The van der Waals surface area contributed by atoms with Crippen LogP contribution in [0, 0.1) is 0 Å². The molecule has 2 rings (SSSR count). The number of halogens is 1. The van der Waals surface area contributed by atoms with Crippen LogP contribution >= 0.6 is 11.6 Å². The van der Waals surface area contributed by atoms with Crippen LogP contribution in [0.25, 0.3) is 0 Å². The first-order chi connectivity index (χ1) is 9.19. The molecule has 1 N–H and O–H groups in total. The van der Waals surface area contributed by atoms with Crippen molar-refractivity contribution >= 4 is 11.6 Å². The first-order valence-electron chi connectivity index (χ1n) is 6.06. The second-order valence-electron chi connectivity index (χ2n) is 4.23. The van der Waals surface area contributed by atoms with E-state index in [1.165, 1.54) is 0 Å². The first kappa shape index (κ1) is 13.8. The molecule has 0 spiro atoms. The van der Waals surface area contributed by atoms with Crippen LogP contribution in [0.3, 0.4) is 0 Å². The van der Waals surface area contributed by atoms with E-state index in [1.54, 1.807) is 18.1 Å². The molecule has 6 heteroatoms. The minimum absolute atomic E-state index is 0.633. The van der Waals surface area contributed by atoms with Crippen LogP contribution in [0.5, 0.6) is 5.75 Å². The lowest BCUT2D eigenvalue weighted by molar-refractivity contribution is 0.415. The third kappa shape index (κ3) is 3.94. The van der Waals surface area contributed by atoms with E-state index in [4.69, 9.17) is 16.3 Å². The van der Waals surface area contributed by atoms with E-state index < -0.39 is 0 Å². The largest absolute Gasteiger partial charge is 0.495 e. The third-order valence-corrected chi connectivity index (χ3v) is 3.01. The lowest BCUT2D eigenvalue weighted by Crippen LogP contribution is -2.17. The third-order valence-electron chi connectivity index (χ3n) is 2.72. The van der Waals surface area contributed by atoms with Gasteiger partial charge in [0.05, 0.1) is 12.1 Å². The fourth-order valence-electron chi connectivity index (χ4n) is 1.75. The molecule has 0 unspecified atom stereocenters. The molecule has 0 saturated heterocycles. The van der Waals surface area contributed by atoms with Crippen LogP contribution < -0.4 is 10.1 Å². The predicted molar refractivity (Wildman–Crippen MR) is 74.4 cm³/mol. The Balaban J connectivity index is 1.78. The molecule has 0 saturated carbocycles. The second kappa shape index (κ2) is 6.54. The van der Waals surface area contributed by atoms with Crippen LogP contribution in [0.2, 0.25) is 5.02 Å². The number of hydrogen-bond donors (Lipinski definition) is 1. The zero-order valence-electron chi connectivity index (χ0n) is 11.1. The van der Waals surface area contributed by atoms with Gasteiger partial charge in [-0.3, -0.25) is 4.68 Å². The maximum Gasteiger partial charge on any atom is 0.151 e. The van der Waals surface area contributed by atoms with Crippen molar-refractivity contribution < 1.29 is 4.74 Å². The number of nitrogens with one attached hydrogen (secondary N) is 1. The van der Waals surface area contributed by atoms with Gasteiger partial charge in [-0.1, -0.05) is 17.7 Å². The molecule has 0 radical (unpaired) electrons. The van der Waals surface area contributed by atoms with E-state index in [0.29, 0.717) is 10.8 Å². The number of nitrogens with zero attached hydrogens (tertiary/aromatic N) is 3. The van der Waals surface area contributed by atoms with E-state index in [0.717, 1.165) is 30.9 Å². The Hall–Kier alpha value is -1.59. The van der Waals surface area contributed by atoms with Gasteiger partial charge in [0.15, 0.2) is 5.82 Å². The van der Waals surface area contributed by atoms with Crippen molar-refractivity contribution in [2.45, 2.75) is 13.0 Å². The smallest absolute Gasteiger partial charge is 0.151 e. The lowest BCUT2D eigenvalue weighted by atomic mass is 10.2. The van der Waals surface area contributed by atoms with Crippen molar-refractivity contribution in [3.05, 3.63) is 40.9 Å². The van der Waals surface area contributed by atoms with Crippen LogP contribution in [-0.4, -0.2) is 28.4 Å². The molecule has 0 atom stereocenters. The molecule has 0 aliphatic heterocycles. The summed E-state index contributed by atoms with van der Waals surface area (Å²) in [5, 5.41) is 8.19. The molecule has 1 heterocycles. The van der Waals surface area contributed by atoms with Gasteiger partial charge in [0.1, 0.15) is 12.1 Å². The van der Waals surface area contributed by atoms with Crippen LogP contribution in [-0.2, 0) is 20.0 Å². The number of methoxy groups -OCH3 is 1. The van der Waals surface area contributed by atoms with Crippen molar-refractivity contribution in [3.63, 3.8) is 0 Å². The van der Waals surface area contributed by atoms with E-state index in [9.17, 15) is 0 Å². The molecule has 1 aromatic heterocycles. The van der Waals surface area contributed by atoms with Crippen molar-refractivity contribution in [2.75, 3.05) is 13.7 Å². The topological polar surface area (TPSA) is 52.0 Å². The van der Waals surface area contributed by atoms with Gasteiger partial charge in [0, 0.05) is 26.6 Å². The molecule has 0 fully saturated rings. The summed E-state index contributed by atoms with van der Waals surface area (Å²) in [6, 6.07) is 5.78. The zero-order chi connectivity index (χ0) is 13.7. The minimum atomic E-state index is 0.633. The lowest BCUT2D eigenvalue weighted by Gasteiger charge is -2.07. The summed E-state index contributed by atoms with van der Waals surface area (Å²) in [5.41, 5.74) is 1.12. The Morgan fingerprint density at radius 1 is 1.42 bits per heavy atom. The second-order valence-corrected chi connectivity index (χ2v) is 4.64. The normalized spacial score (nSPS) is 10.7. The van der Waals surface area contributed by atoms with Crippen molar-refractivity contribution in [1.29, 1.82) is 0 Å². The molecule has 5 nitrogen and oxygen atoms in total. The van der Waals surface area contributed by atoms with Crippen LogP contribution in [0.15, 0.2) is 24.5 Å². The molecular formula is C13H17ClN4O. The molecule has 102 valence electrons. The summed E-state index contributed by atoms with van der Waals surface area (Å²) < 4.78 is 6.82. The summed E-state index contributed by atoms with van der Waals surface area (Å²) >= 11 is 6.07. The Morgan fingerprint density at radius 2 is 2.26 bits per heavy atom. The van der Waals surface area contributed by atoms with Gasteiger partial charge in [0.2, 0.25) is 0 Å². The van der Waals surface area contributed by atoms with E-state index in [2.05, 4.69) is 15.4 Å². The number of rotatable bonds is 6. The fourth-order valence-corrected chi connectivity index (χ4v) is 2.03. The highest BCUT2D eigenvalue weighted by atomic mass is 35.5. The van der Waals surface area contributed by atoms with Gasteiger partial charge in [0.25, 0.3) is 0 Å². The van der Waals surface area contributed by atoms with Gasteiger partial charge in [-0.25, -0.2) is 4.98 Å². The van der Waals surface area contributed by atoms with Crippen LogP contribution in [0.1, 0.15) is 11.4 Å². The van der Waals surface area contributed by atoms with Gasteiger partial charge in [-0.05, 0) is 17.7 Å². The van der Waals surface area contributed by atoms with Crippen molar-refractivity contribution in [2.24, 2.45) is 7.05 Å². The van der Waals surface area contributed by atoms with Crippen molar-refractivity contribution in [1.82, 2.24) is 20.1 Å². The highest BCUT2D eigenvalue weighted by Crippen LogP contribution is 2.24. The molecule has 0 aliphatic carbocycles. The monoisotopic (exact) mass is 280 g/mol. The molecule has 2 aromatic rings. The predicted octanol–water partition coefficient (Wildman–Crippen LogP) is 1.81. The first-order valence-corrected chi connectivity index (χ1v) is 6.44. The number of hydrogen-bond acceptors (Lipinski definition) is 4. The SMILES string of the molecule is COc1ccc(CNCCc2ncn(C)n2)cc1Cl. The summed E-state index contributed by atoms with van der Waals surface area (Å²) in [7, 11) is 3.47. The summed E-state index contributed by atoms with van der Waals surface area (Å²) in [4.78, 5) is 4.17. The molecule has 0 amide bonds. The van der Waals surface area contributed by atoms with Crippen LogP contribution in [0.4, 0.5) is 0 Å². The number of aryl methyl sites for hydroxylation is 1. The number of ether oxygens (including phenoxy) is 1. The Bertz CT molecular complexity index is 541. The number of aromatic nitrogens is 3. The Kier molecular flexibility index (Phi) is 4.76. The van der Waals surface area contributed by atoms with Gasteiger partial charge in [-0.15, -0.1) is 0 Å². The van der Waals surface area contributed by atoms with E-state index >= 15 is 0 Å². The maximum atomic E-state index is 6.07. The van der Waals surface area contributed by atoms with E-state index in [1.807, 2.05) is 25.2 Å². The van der Waals surface area contributed by atoms with E-state index in [-0.39, 0.29) is 0 Å². The summed E-state index contributed by atoms with van der Waals surface area (Å²) in [6.45, 7) is 1.59. The maximum absolute atomic E-state index is 6.07. The molecular weight excluding hydrogens is 264 g/mol. The van der Waals surface area contributed by atoms with Gasteiger partial charge < -0.3 is 10.1 Å². The molecule has 0 aliphatic rings. The highest BCUT2D eigenvalue weighted by Gasteiger charge is 2.02. The fraction of sp³-hybridized carbons (Fsp3) is 0.385. The number of benzene rings is 1. The Morgan fingerprint density at radius 3 is 2.89 bits per heavy atom. The molecule has 19 heavy (non-hydrogen) atoms. The zero-order valence-corrected chi connectivity index (χ0v) is 11.8. The summed E-state index contributed by atoms with van der Waals surface area (Å²) in [6.07, 6.45) is 2.52. The van der Waals surface area contributed by atoms with Gasteiger partial charge in [-0.2, -0.15) is 5.10 Å². The van der Waals surface area contributed by atoms with Crippen molar-refractivity contribution in [3.8, 4) is 5.75 Å². The highest BCUT2D eigenvalue weighted by molar-refractivity contribution is 6.32. The molecule has 1 aromatic carbocycles. The quantitative estimate of drug-likeness (QED) is 0.820. The van der Waals surface area contributed by atoms with Gasteiger partial charge >= 0.3 is 0 Å².